The molecule has 0 fully saturated rings. The van der Waals surface area contributed by atoms with E-state index in [-0.39, 0.29) is 24.2 Å². The maximum Gasteiger partial charge on any atom is 0.339 e. The number of aromatic carboxylic acids is 1. The molecule has 24 heavy (non-hydrogen) atoms. The zero-order chi connectivity index (χ0) is 18.1. The van der Waals surface area contributed by atoms with E-state index in [0.29, 0.717) is 0 Å². The topological polar surface area (TPSA) is 110 Å². The van der Waals surface area contributed by atoms with E-state index in [1.54, 1.807) is 0 Å². The van der Waals surface area contributed by atoms with Crippen molar-refractivity contribution >= 4 is 29.5 Å². The van der Waals surface area contributed by atoms with Crippen molar-refractivity contribution in [3.8, 4) is 0 Å². The Balaban J connectivity index is 2.84. The van der Waals surface area contributed by atoms with Gasteiger partial charge < -0.3 is 19.7 Å². The van der Waals surface area contributed by atoms with E-state index < -0.39 is 30.1 Å². The molecular formula is C16H17ClO7. The Hall–Kier alpha value is -2.38. The molecule has 0 saturated heterocycles. The van der Waals surface area contributed by atoms with Gasteiger partial charge in [-0.25, -0.2) is 14.4 Å². The van der Waals surface area contributed by atoms with Crippen LogP contribution in [0.15, 0.2) is 35.9 Å². The lowest BCUT2D eigenvalue weighted by Crippen LogP contribution is -2.29. The highest BCUT2D eigenvalue weighted by Gasteiger charge is 2.23. The number of esters is 2. The monoisotopic (exact) mass is 356 g/mol. The number of carbonyl (C=O) groups excluding carboxylic acids is 2. The molecule has 0 amide bonds. The number of carboxylic acids is 1. The largest absolute Gasteiger partial charge is 0.478 e. The molecule has 0 aliphatic heterocycles. The first kappa shape index (κ1) is 19.7. The Morgan fingerprint density at radius 2 is 1.88 bits per heavy atom. The highest BCUT2D eigenvalue weighted by atomic mass is 35.5. The number of halogens is 1. The Bertz CT molecular complexity index is 625. The summed E-state index contributed by atoms with van der Waals surface area (Å²) in [6.45, 7) is 1.18. The van der Waals surface area contributed by atoms with Crippen LogP contribution in [0.3, 0.4) is 0 Å². The second-order valence-corrected chi connectivity index (χ2v) is 5.14. The first-order valence-electron chi connectivity index (χ1n) is 7.00. The second-order valence-electron chi connectivity index (χ2n) is 4.89. The van der Waals surface area contributed by atoms with Crippen LogP contribution in [0.4, 0.5) is 0 Å². The van der Waals surface area contributed by atoms with Crippen molar-refractivity contribution in [2.45, 2.75) is 25.6 Å². The normalized spacial score (nSPS) is 13.3. The molecule has 0 aliphatic carbocycles. The number of aliphatic hydroxyl groups excluding tert-OH is 1. The number of hydrogen-bond donors (Lipinski definition) is 2. The third-order valence-corrected chi connectivity index (χ3v) is 2.99. The Morgan fingerprint density at radius 1 is 1.25 bits per heavy atom. The van der Waals surface area contributed by atoms with Gasteiger partial charge in [0.2, 0.25) is 0 Å². The summed E-state index contributed by atoms with van der Waals surface area (Å²) in [6.07, 6.45) is -0.770. The molecule has 0 spiro atoms. The van der Waals surface area contributed by atoms with E-state index in [4.69, 9.17) is 26.2 Å². The van der Waals surface area contributed by atoms with E-state index in [1.807, 2.05) is 0 Å². The number of aliphatic hydroxyl groups is 1. The lowest BCUT2D eigenvalue weighted by molar-refractivity contribution is -0.141. The molecule has 2 N–H and O–H groups in total. The quantitative estimate of drug-likeness (QED) is 0.541. The fourth-order valence-electron chi connectivity index (χ4n) is 1.87. The van der Waals surface area contributed by atoms with Crippen LogP contribution >= 0.6 is 11.6 Å². The minimum atomic E-state index is -1.27. The number of ether oxygens (including phenoxy) is 2. The van der Waals surface area contributed by atoms with Crippen molar-refractivity contribution in [2.24, 2.45) is 0 Å². The number of carboxylic acid groups (broad SMARTS) is 1. The minimum absolute atomic E-state index is 0.0127. The van der Waals surface area contributed by atoms with Gasteiger partial charge in [-0.3, -0.25) is 0 Å². The van der Waals surface area contributed by atoms with Gasteiger partial charge in [-0.1, -0.05) is 23.7 Å². The predicted molar refractivity (Wildman–Crippen MR) is 84.9 cm³/mol. The summed E-state index contributed by atoms with van der Waals surface area (Å²) in [6, 6.07) is 5.56. The van der Waals surface area contributed by atoms with Crippen LogP contribution in [0.5, 0.6) is 0 Å². The average Bonchev–Trinajstić information content (AvgIpc) is 2.52. The Morgan fingerprint density at radius 3 is 2.42 bits per heavy atom. The van der Waals surface area contributed by atoms with E-state index >= 15 is 0 Å². The van der Waals surface area contributed by atoms with Crippen molar-refractivity contribution in [1.29, 1.82) is 0 Å². The van der Waals surface area contributed by atoms with Gasteiger partial charge in [0, 0.05) is 18.0 Å². The molecule has 8 heteroatoms. The molecule has 2 unspecified atom stereocenters. The average molecular weight is 357 g/mol. The number of rotatable bonds is 8. The van der Waals surface area contributed by atoms with Crippen LogP contribution in [-0.2, 0) is 14.3 Å². The fourth-order valence-corrected chi connectivity index (χ4v) is 1.97. The Kier molecular flexibility index (Phi) is 7.94. The molecule has 1 rings (SSSR count). The molecule has 0 aromatic heterocycles. The summed E-state index contributed by atoms with van der Waals surface area (Å²) in [5.74, 6) is -2.89. The van der Waals surface area contributed by atoms with Gasteiger partial charge >= 0.3 is 17.9 Å². The smallest absolute Gasteiger partial charge is 0.339 e. The van der Waals surface area contributed by atoms with Crippen LogP contribution in [0, 0.1) is 0 Å². The maximum absolute atomic E-state index is 12.2. The number of benzene rings is 1. The molecule has 1 aromatic carbocycles. The van der Waals surface area contributed by atoms with E-state index in [9.17, 15) is 19.5 Å². The number of hydrogen-bond acceptors (Lipinski definition) is 6. The standard InChI is InChI=1S/C16H17ClO7/c1-10(18)8-11(9-23-14(19)6-7-17)24-16(22)13-5-3-2-4-12(13)15(20)21/h2-7,10-11,18H,8-9H2,1H3,(H,20,21). The lowest BCUT2D eigenvalue weighted by atomic mass is 10.1. The van der Waals surface area contributed by atoms with Gasteiger partial charge in [0.05, 0.1) is 17.2 Å². The molecule has 0 heterocycles. The number of carbonyl (C=O) groups is 3. The summed E-state index contributed by atoms with van der Waals surface area (Å²) in [4.78, 5) is 34.6. The first-order chi connectivity index (χ1) is 11.3. The molecule has 0 aliphatic rings. The second kappa shape index (κ2) is 9.69. The molecule has 2 atom stereocenters. The highest BCUT2D eigenvalue weighted by molar-refractivity contribution is 6.26. The summed E-state index contributed by atoms with van der Waals surface area (Å²) < 4.78 is 10.0. The first-order valence-corrected chi connectivity index (χ1v) is 7.43. The highest BCUT2D eigenvalue weighted by Crippen LogP contribution is 2.14. The molecule has 130 valence electrons. The zero-order valence-electron chi connectivity index (χ0n) is 12.8. The van der Waals surface area contributed by atoms with Crippen LogP contribution in [-0.4, -0.2) is 46.9 Å². The maximum atomic E-state index is 12.2. The van der Waals surface area contributed by atoms with Crippen LogP contribution in [0.2, 0.25) is 0 Å². The summed E-state index contributed by atoms with van der Waals surface area (Å²) in [5.41, 5.74) is 0.633. The van der Waals surface area contributed by atoms with E-state index in [2.05, 4.69) is 0 Å². The van der Waals surface area contributed by atoms with Crippen molar-refractivity contribution in [3.05, 3.63) is 47.0 Å². The van der Waals surface area contributed by atoms with Crippen LogP contribution < -0.4 is 0 Å². The van der Waals surface area contributed by atoms with Gasteiger partial charge in [-0.2, -0.15) is 0 Å². The van der Waals surface area contributed by atoms with Gasteiger partial charge in [0.1, 0.15) is 12.7 Å². The van der Waals surface area contributed by atoms with E-state index in [1.165, 1.54) is 31.2 Å². The van der Waals surface area contributed by atoms with Gasteiger partial charge in [-0.15, -0.1) is 0 Å². The van der Waals surface area contributed by atoms with Crippen molar-refractivity contribution in [2.75, 3.05) is 6.61 Å². The molecule has 0 radical (unpaired) electrons. The van der Waals surface area contributed by atoms with Crippen LogP contribution in [0.25, 0.3) is 0 Å². The molecular weight excluding hydrogens is 340 g/mol. The Labute approximate surface area is 143 Å². The van der Waals surface area contributed by atoms with Gasteiger partial charge in [0.15, 0.2) is 0 Å². The van der Waals surface area contributed by atoms with E-state index in [0.717, 1.165) is 11.6 Å². The third-order valence-electron chi connectivity index (χ3n) is 2.87. The predicted octanol–water partition coefficient (Wildman–Crippen LogP) is 1.98. The summed E-state index contributed by atoms with van der Waals surface area (Å²) in [5, 5.41) is 18.5. The summed E-state index contributed by atoms with van der Waals surface area (Å²) in [7, 11) is 0. The van der Waals surface area contributed by atoms with Gasteiger partial charge in [0.25, 0.3) is 0 Å². The molecule has 0 bridgehead atoms. The SMILES string of the molecule is CC(O)CC(COC(=O)C=CCl)OC(=O)c1ccccc1C(=O)O. The van der Waals surface area contributed by atoms with Gasteiger partial charge in [-0.05, 0) is 19.1 Å². The zero-order valence-corrected chi connectivity index (χ0v) is 13.6. The lowest BCUT2D eigenvalue weighted by Gasteiger charge is -2.19. The van der Waals surface area contributed by atoms with Crippen LogP contribution in [0.1, 0.15) is 34.1 Å². The molecule has 0 saturated carbocycles. The van der Waals surface area contributed by atoms with Crippen molar-refractivity contribution in [1.82, 2.24) is 0 Å². The minimum Gasteiger partial charge on any atom is -0.478 e. The van der Waals surface area contributed by atoms with Crippen molar-refractivity contribution < 1.29 is 34.1 Å². The summed E-state index contributed by atoms with van der Waals surface area (Å²) >= 11 is 5.25. The molecule has 7 nitrogen and oxygen atoms in total. The third kappa shape index (κ3) is 6.39. The molecule has 1 aromatic rings. The van der Waals surface area contributed by atoms with Crippen molar-refractivity contribution in [3.63, 3.8) is 0 Å². The fraction of sp³-hybridized carbons (Fsp3) is 0.312.